The van der Waals surface area contributed by atoms with Crippen LogP contribution < -0.4 is 4.72 Å². The largest absolute Gasteiger partial charge is 0.265 e. The van der Waals surface area contributed by atoms with Crippen LogP contribution in [-0.2, 0) is 10.0 Å². The van der Waals surface area contributed by atoms with Gasteiger partial charge in [0.1, 0.15) is 0 Å². The minimum Gasteiger partial charge on any atom is -0.265 e. The van der Waals surface area contributed by atoms with E-state index in [1.54, 1.807) is 50.5 Å². The molecule has 1 heterocycles. The van der Waals surface area contributed by atoms with E-state index in [0.29, 0.717) is 5.56 Å². The topological polar surface area (TPSA) is 59.1 Å². The lowest BCUT2D eigenvalue weighted by atomic mass is 10.1. The van der Waals surface area contributed by atoms with E-state index in [2.05, 4.69) is 25.6 Å². The maximum Gasteiger partial charge on any atom is 0.241 e. The number of aryl methyl sites for hydroxylation is 1. The molecular weight excluding hydrogens is 340 g/mol. The molecule has 0 unspecified atom stereocenters. The van der Waals surface area contributed by atoms with Crippen LogP contribution in [0.15, 0.2) is 52.1 Å². The number of nitrogens with one attached hydrogen (secondary N) is 1. The highest BCUT2D eigenvalue weighted by Gasteiger charge is 2.20. The minimum atomic E-state index is -3.56. The molecule has 1 atom stereocenters. The number of rotatable bonds is 4. The fourth-order valence-corrected chi connectivity index (χ4v) is 3.89. The van der Waals surface area contributed by atoms with Crippen LogP contribution in [0.1, 0.15) is 24.1 Å². The third kappa shape index (κ3) is 3.45. The van der Waals surface area contributed by atoms with E-state index in [1.807, 2.05) is 6.07 Å². The summed E-state index contributed by atoms with van der Waals surface area (Å²) in [6.45, 7) is 3.58. The first kappa shape index (κ1) is 15.2. The van der Waals surface area contributed by atoms with Crippen LogP contribution in [-0.4, -0.2) is 13.4 Å². The summed E-state index contributed by atoms with van der Waals surface area (Å²) >= 11 is 3.30. The molecule has 20 heavy (non-hydrogen) atoms. The zero-order chi connectivity index (χ0) is 14.8. The molecule has 0 aliphatic rings. The summed E-state index contributed by atoms with van der Waals surface area (Å²) in [6, 6.07) is 8.47. The summed E-state index contributed by atoms with van der Waals surface area (Å²) in [7, 11) is -3.56. The molecule has 106 valence electrons. The van der Waals surface area contributed by atoms with Crippen molar-refractivity contribution in [3.8, 4) is 0 Å². The molecule has 0 amide bonds. The van der Waals surface area contributed by atoms with Crippen molar-refractivity contribution in [2.75, 3.05) is 0 Å². The third-order valence-corrected chi connectivity index (χ3v) is 5.15. The van der Waals surface area contributed by atoms with Crippen LogP contribution in [0.2, 0.25) is 0 Å². The highest BCUT2D eigenvalue weighted by atomic mass is 79.9. The molecule has 0 radical (unpaired) electrons. The fourth-order valence-electron chi connectivity index (χ4n) is 1.88. The second kappa shape index (κ2) is 6.03. The first-order valence-electron chi connectivity index (χ1n) is 6.08. The minimum absolute atomic E-state index is 0.285. The van der Waals surface area contributed by atoms with Crippen LogP contribution in [0.25, 0.3) is 0 Å². The molecule has 4 nitrogen and oxygen atoms in total. The summed E-state index contributed by atoms with van der Waals surface area (Å²) in [5.41, 5.74) is 1.58. The van der Waals surface area contributed by atoms with E-state index in [9.17, 15) is 8.42 Å². The van der Waals surface area contributed by atoms with Crippen molar-refractivity contribution in [1.29, 1.82) is 0 Å². The third-order valence-electron chi connectivity index (χ3n) is 2.98. The van der Waals surface area contributed by atoms with E-state index in [-0.39, 0.29) is 10.9 Å². The van der Waals surface area contributed by atoms with Gasteiger partial charge in [0, 0.05) is 22.9 Å². The molecular formula is C14H15BrN2O2S. The van der Waals surface area contributed by atoms with Crippen LogP contribution in [0.3, 0.4) is 0 Å². The Kier molecular flexibility index (Phi) is 4.57. The normalized spacial score (nSPS) is 13.2. The van der Waals surface area contributed by atoms with Gasteiger partial charge in [-0.25, -0.2) is 13.1 Å². The van der Waals surface area contributed by atoms with Crippen molar-refractivity contribution >= 4 is 26.0 Å². The molecule has 0 bridgehead atoms. The van der Waals surface area contributed by atoms with Gasteiger partial charge in [0.2, 0.25) is 10.0 Å². The van der Waals surface area contributed by atoms with Crippen molar-refractivity contribution in [2.45, 2.75) is 24.8 Å². The van der Waals surface area contributed by atoms with Crippen molar-refractivity contribution in [1.82, 2.24) is 9.71 Å². The summed E-state index contributed by atoms with van der Waals surface area (Å²) in [6.07, 6.45) is 3.29. The number of aromatic nitrogens is 1. The van der Waals surface area contributed by atoms with Crippen molar-refractivity contribution in [2.24, 2.45) is 0 Å². The van der Waals surface area contributed by atoms with Crippen molar-refractivity contribution in [3.63, 3.8) is 0 Å². The Morgan fingerprint density at radius 2 is 1.85 bits per heavy atom. The highest BCUT2D eigenvalue weighted by molar-refractivity contribution is 9.10. The zero-order valence-electron chi connectivity index (χ0n) is 11.2. The quantitative estimate of drug-likeness (QED) is 0.916. The molecule has 1 N–H and O–H groups in total. The number of nitrogens with zero attached hydrogens (tertiary/aromatic N) is 1. The van der Waals surface area contributed by atoms with E-state index >= 15 is 0 Å². The molecule has 0 saturated carbocycles. The predicted molar refractivity (Wildman–Crippen MR) is 81.9 cm³/mol. The first-order valence-corrected chi connectivity index (χ1v) is 8.36. The number of sulfonamides is 1. The Bertz CT molecular complexity index is 702. The molecule has 0 aliphatic heterocycles. The Hall–Kier alpha value is -1.24. The maximum atomic E-state index is 12.4. The lowest BCUT2D eigenvalue weighted by Gasteiger charge is -2.15. The second-order valence-electron chi connectivity index (χ2n) is 4.53. The van der Waals surface area contributed by atoms with Gasteiger partial charge in [-0.15, -0.1) is 0 Å². The van der Waals surface area contributed by atoms with Gasteiger partial charge in [0.15, 0.2) is 0 Å². The molecule has 6 heteroatoms. The summed E-state index contributed by atoms with van der Waals surface area (Å²) in [5.74, 6) is 0. The second-order valence-corrected chi connectivity index (χ2v) is 7.13. The van der Waals surface area contributed by atoms with Gasteiger partial charge in [0.25, 0.3) is 0 Å². The SMILES string of the molecule is Cc1ccc(Br)cc1S(=O)(=O)N[C@@H](C)c1ccncc1. The molecule has 0 fully saturated rings. The molecule has 0 spiro atoms. The number of hydrogen-bond acceptors (Lipinski definition) is 3. The van der Waals surface area contributed by atoms with Gasteiger partial charge in [-0.1, -0.05) is 22.0 Å². The number of pyridine rings is 1. The average Bonchev–Trinajstić information content (AvgIpc) is 2.42. The zero-order valence-corrected chi connectivity index (χ0v) is 13.6. The number of benzene rings is 1. The van der Waals surface area contributed by atoms with E-state index < -0.39 is 10.0 Å². The molecule has 0 aliphatic carbocycles. The lowest BCUT2D eigenvalue weighted by Crippen LogP contribution is -2.27. The number of halogens is 1. The maximum absolute atomic E-state index is 12.4. The molecule has 1 aromatic carbocycles. The van der Waals surface area contributed by atoms with Crippen molar-refractivity contribution in [3.05, 3.63) is 58.3 Å². The van der Waals surface area contributed by atoms with Gasteiger partial charge in [-0.3, -0.25) is 4.98 Å². The van der Waals surface area contributed by atoms with Crippen LogP contribution in [0.5, 0.6) is 0 Å². The Balaban J connectivity index is 2.30. The van der Waals surface area contributed by atoms with E-state index in [1.165, 1.54) is 0 Å². The van der Waals surface area contributed by atoms with Gasteiger partial charge in [-0.05, 0) is 49.2 Å². The van der Waals surface area contributed by atoms with Gasteiger partial charge < -0.3 is 0 Å². The van der Waals surface area contributed by atoms with Crippen LogP contribution in [0, 0.1) is 6.92 Å². The van der Waals surface area contributed by atoms with Gasteiger partial charge in [-0.2, -0.15) is 0 Å². The standard InChI is InChI=1S/C14H15BrN2O2S/c1-10-3-4-13(15)9-14(10)20(18,19)17-11(2)12-5-7-16-8-6-12/h3-9,11,17H,1-2H3/t11-/m0/s1. The van der Waals surface area contributed by atoms with Crippen LogP contribution in [0.4, 0.5) is 0 Å². The summed E-state index contributed by atoms with van der Waals surface area (Å²) in [5, 5.41) is 0. The highest BCUT2D eigenvalue weighted by Crippen LogP contribution is 2.22. The molecule has 1 aromatic heterocycles. The molecule has 2 rings (SSSR count). The summed E-state index contributed by atoms with van der Waals surface area (Å²) < 4.78 is 28.3. The Labute approximate surface area is 127 Å². The smallest absolute Gasteiger partial charge is 0.241 e. The van der Waals surface area contributed by atoms with E-state index in [0.717, 1.165) is 10.0 Å². The monoisotopic (exact) mass is 354 g/mol. The Morgan fingerprint density at radius 1 is 1.20 bits per heavy atom. The number of hydrogen-bond donors (Lipinski definition) is 1. The molecule has 2 aromatic rings. The van der Waals surface area contributed by atoms with E-state index in [4.69, 9.17) is 0 Å². The molecule has 0 saturated heterocycles. The predicted octanol–water partition coefficient (Wildman–Crippen LogP) is 3.19. The van der Waals surface area contributed by atoms with Gasteiger partial charge in [0.05, 0.1) is 4.90 Å². The lowest BCUT2D eigenvalue weighted by molar-refractivity contribution is 0.566. The Morgan fingerprint density at radius 3 is 2.50 bits per heavy atom. The fraction of sp³-hybridized carbons (Fsp3) is 0.214. The van der Waals surface area contributed by atoms with Gasteiger partial charge >= 0.3 is 0 Å². The summed E-state index contributed by atoms with van der Waals surface area (Å²) in [4.78, 5) is 4.21. The first-order chi connectivity index (χ1) is 9.40. The average molecular weight is 355 g/mol. The van der Waals surface area contributed by atoms with Crippen LogP contribution >= 0.6 is 15.9 Å². The van der Waals surface area contributed by atoms with Crippen molar-refractivity contribution < 1.29 is 8.42 Å².